The zero-order chi connectivity index (χ0) is 20.9. The number of hydrogen-bond donors (Lipinski definition) is 1. The van der Waals surface area contributed by atoms with Gasteiger partial charge in [0.25, 0.3) is 0 Å². The molecule has 2 amide bonds. The number of hydrogen-bond acceptors (Lipinski definition) is 4. The van der Waals surface area contributed by atoms with Crippen LogP contribution in [0.2, 0.25) is 0 Å². The van der Waals surface area contributed by atoms with Crippen molar-refractivity contribution in [1.29, 1.82) is 0 Å². The maximum atomic E-state index is 13.1. The van der Waals surface area contributed by atoms with E-state index in [2.05, 4.69) is 58.6 Å². The van der Waals surface area contributed by atoms with E-state index >= 15 is 0 Å². The van der Waals surface area contributed by atoms with Crippen LogP contribution >= 0.6 is 0 Å². The summed E-state index contributed by atoms with van der Waals surface area (Å²) in [5, 5.41) is 3.32. The van der Waals surface area contributed by atoms with Crippen molar-refractivity contribution in [2.24, 2.45) is 0 Å². The number of ether oxygens (including phenoxy) is 1. The Hall–Kier alpha value is -2.73. The van der Waals surface area contributed by atoms with Crippen molar-refractivity contribution in [3.63, 3.8) is 0 Å². The van der Waals surface area contributed by atoms with Crippen LogP contribution in [0.25, 0.3) is 0 Å². The Labute approximate surface area is 179 Å². The highest BCUT2D eigenvalue weighted by molar-refractivity contribution is 5.75. The van der Waals surface area contributed by atoms with Crippen LogP contribution in [0.3, 0.4) is 0 Å². The third-order valence-electron chi connectivity index (χ3n) is 6.29. The smallest absolute Gasteiger partial charge is 0.318 e. The Balaban J connectivity index is 1.34. The van der Waals surface area contributed by atoms with Gasteiger partial charge in [0.1, 0.15) is 5.75 Å². The minimum atomic E-state index is 0.0693. The predicted molar refractivity (Wildman–Crippen MR) is 120 cm³/mol. The van der Waals surface area contributed by atoms with Crippen molar-refractivity contribution < 1.29 is 9.53 Å². The summed E-state index contributed by atoms with van der Waals surface area (Å²) in [5.41, 5.74) is 2.41. The predicted octanol–water partition coefficient (Wildman–Crippen LogP) is 3.36. The maximum absolute atomic E-state index is 13.1. The summed E-state index contributed by atoms with van der Waals surface area (Å²) in [7, 11) is 3.81. The highest BCUT2D eigenvalue weighted by Crippen LogP contribution is 2.26. The zero-order valence-electron chi connectivity index (χ0n) is 18.0. The van der Waals surface area contributed by atoms with E-state index in [-0.39, 0.29) is 18.1 Å². The molecule has 2 aliphatic rings. The number of rotatable bonds is 4. The average Bonchev–Trinajstić information content (AvgIpc) is 2.80. The second-order valence-corrected chi connectivity index (χ2v) is 8.29. The summed E-state index contributed by atoms with van der Waals surface area (Å²) in [6, 6.07) is 19.0. The molecule has 6 heteroatoms. The third-order valence-corrected chi connectivity index (χ3v) is 6.29. The fourth-order valence-corrected chi connectivity index (χ4v) is 4.46. The van der Waals surface area contributed by atoms with Crippen LogP contribution in [0.4, 0.5) is 10.5 Å². The lowest BCUT2D eigenvalue weighted by Gasteiger charge is -2.41. The molecule has 2 fully saturated rings. The summed E-state index contributed by atoms with van der Waals surface area (Å²) < 4.78 is 5.25. The fraction of sp³-hybridized carbons (Fsp3) is 0.458. The van der Waals surface area contributed by atoms with Crippen molar-refractivity contribution >= 4 is 11.7 Å². The number of anilines is 1. The van der Waals surface area contributed by atoms with E-state index in [1.165, 1.54) is 11.3 Å². The van der Waals surface area contributed by atoms with Gasteiger partial charge in [-0.05, 0) is 49.7 Å². The quantitative estimate of drug-likeness (QED) is 0.843. The molecule has 2 heterocycles. The molecule has 2 aromatic rings. The molecule has 1 N–H and O–H groups in total. The summed E-state index contributed by atoms with van der Waals surface area (Å²) in [6.45, 7) is 4.43. The Kier molecular flexibility index (Phi) is 6.43. The topological polar surface area (TPSA) is 48.1 Å². The second kappa shape index (κ2) is 9.39. The van der Waals surface area contributed by atoms with E-state index in [0.29, 0.717) is 0 Å². The van der Waals surface area contributed by atoms with Gasteiger partial charge in [0.15, 0.2) is 0 Å². The van der Waals surface area contributed by atoms with Gasteiger partial charge in [-0.25, -0.2) is 4.79 Å². The first kappa shape index (κ1) is 20.5. The van der Waals surface area contributed by atoms with Crippen LogP contribution in [0.1, 0.15) is 24.4 Å². The van der Waals surface area contributed by atoms with Crippen molar-refractivity contribution in [2.45, 2.75) is 24.9 Å². The molecule has 1 unspecified atom stereocenters. The molecule has 6 nitrogen and oxygen atoms in total. The van der Waals surface area contributed by atoms with Gasteiger partial charge in [-0.1, -0.05) is 30.3 Å². The summed E-state index contributed by atoms with van der Waals surface area (Å²) in [6.07, 6.45) is 1.92. The molecule has 1 atom stereocenters. The van der Waals surface area contributed by atoms with Crippen LogP contribution in [0.15, 0.2) is 54.6 Å². The lowest BCUT2D eigenvalue weighted by Crippen LogP contribution is -2.55. The molecule has 2 saturated heterocycles. The minimum Gasteiger partial charge on any atom is -0.497 e. The number of amides is 2. The van der Waals surface area contributed by atoms with E-state index in [0.717, 1.165) is 51.3 Å². The maximum Gasteiger partial charge on any atom is 0.318 e. The normalized spacial score (nSPS) is 20.8. The molecule has 4 rings (SSSR count). The molecule has 0 bridgehead atoms. The first-order valence-corrected chi connectivity index (χ1v) is 10.8. The standard InChI is InChI=1S/C24H32N4O2/c1-26-16-17-28(23(18-26)19-6-4-3-5-7-19)24(29)25-20-12-14-27(15-13-20)21-8-10-22(30-2)11-9-21/h3-11,20,23H,12-18H2,1-2H3,(H,25,29). The molecule has 30 heavy (non-hydrogen) atoms. The molecule has 0 saturated carbocycles. The van der Waals surface area contributed by atoms with Crippen molar-refractivity contribution in [3.8, 4) is 5.75 Å². The van der Waals surface area contributed by atoms with Gasteiger partial charge >= 0.3 is 6.03 Å². The molecule has 2 aliphatic heterocycles. The fourth-order valence-electron chi connectivity index (χ4n) is 4.46. The molecule has 160 valence electrons. The Morgan fingerprint density at radius 1 is 0.967 bits per heavy atom. The third kappa shape index (κ3) is 4.70. The van der Waals surface area contributed by atoms with Gasteiger partial charge in [0.05, 0.1) is 13.2 Å². The molecular weight excluding hydrogens is 376 g/mol. The molecule has 2 aromatic carbocycles. The van der Waals surface area contributed by atoms with Gasteiger partial charge in [-0.3, -0.25) is 0 Å². The van der Waals surface area contributed by atoms with E-state index in [9.17, 15) is 4.79 Å². The van der Waals surface area contributed by atoms with E-state index in [1.807, 2.05) is 23.1 Å². The Bertz CT molecular complexity index is 819. The van der Waals surface area contributed by atoms with Gasteiger partial charge in [0, 0.05) is 44.5 Å². The van der Waals surface area contributed by atoms with Gasteiger partial charge in [0.2, 0.25) is 0 Å². The van der Waals surface area contributed by atoms with E-state index in [4.69, 9.17) is 4.74 Å². The molecule has 0 radical (unpaired) electrons. The number of carbonyl (C=O) groups excluding carboxylic acids is 1. The first-order chi connectivity index (χ1) is 14.6. The number of methoxy groups -OCH3 is 1. The number of likely N-dealkylation sites (N-methyl/N-ethyl adjacent to an activating group) is 1. The Morgan fingerprint density at radius 3 is 2.33 bits per heavy atom. The van der Waals surface area contributed by atoms with Crippen molar-refractivity contribution in [3.05, 3.63) is 60.2 Å². The van der Waals surface area contributed by atoms with Gasteiger partial charge < -0.3 is 24.8 Å². The highest BCUT2D eigenvalue weighted by atomic mass is 16.5. The molecule has 0 aliphatic carbocycles. The summed E-state index contributed by atoms with van der Waals surface area (Å²) in [4.78, 5) is 19.8. The monoisotopic (exact) mass is 408 g/mol. The zero-order valence-corrected chi connectivity index (χ0v) is 18.0. The number of nitrogens with one attached hydrogen (secondary N) is 1. The lowest BCUT2D eigenvalue weighted by atomic mass is 10.0. The number of nitrogens with zero attached hydrogens (tertiary/aromatic N) is 3. The van der Waals surface area contributed by atoms with Crippen molar-refractivity contribution in [2.75, 3.05) is 51.8 Å². The SMILES string of the molecule is COc1ccc(N2CCC(NC(=O)N3CCN(C)CC3c3ccccc3)CC2)cc1. The van der Waals surface area contributed by atoms with Crippen LogP contribution in [-0.4, -0.2) is 68.8 Å². The molecular formula is C24H32N4O2. The number of piperazine rings is 1. The van der Waals surface area contributed by atoms with E-state index in [1.54, 1.807) is 7.11 Å². The van der Waals surface area contributed by atoms with Gasteiger partial charge in [-0.2, -0.15) is 0 Å². The highest BCUT2D eigenvalue weighted by Gasteiger charge is 2.31. The Morgan fingerprint density at radius 2 is 1.67 bits per heavy atom. The minimum absolute atomic E-state index is 0.0693. The number of carbonyl (C=O) groups is 1. The summed E-state index contributed by atoms with van der Waals surface area (Å²) >= 11 is 0. The number of piperidine rings is 1. The average molecular weight is 409 g/mol. The number of benzene rings is 2. The van der Waals surface area contributed by atoms with Crippen LogP contribution in [0, 0.1) is 0 Å². The molecule has 0 spiro atoms. The summed E-state index contributed by atoms with van der Waals surface area (Å²) in [5.74, 6) is 0.876. The molecule has 0 aromatic heterocycles. The van der Waals surface area contributed by atoms with Crippen molar-refractivity contribution in [1.82, 2.24) is 15.1 Å². The van der Waals surface area contributed by atoms with Crippen LogP contribution in [-0.2, 0) is 0 Å². The van der Waals surface area contributed by atoms with Crippen LogP contribution < -0.4 is 15.0 Å². The van der Waals surface area contributed by atoms with Crippen LogP contribution in [0.5, 0.6) is 5.75 Å². The van der Waals surface area contributed by atoms with E-state index < -0.39 is 0 Å². The number of urea groups is 1. The largest absolute Gasteiger partial charge is 0.497 e. The second-order valence-electron chi connectivity index (χ2n) is 8.29. The first-order valence-electron chi connectivity index (χ1n) is 10.8. The lowest BCUT2D eigenvalue weighted by molar-refractivity contribution is 0.106. The van der Waals surface area contributed by atoms with Gasteiger partial charge in [-0.15, -0.1) is 0 Å².